The fourth-order valence-corrected chi connectivity index (χ4v) is 3.03. The maximum absolute atomic E-state index is 2.60. The molecule has 2 heteroatoms. The minimum Gasteiger partial charge on any atom is -0.303 e. The van der Waals surface area contributed by atoms with Gasteiger partial charge in [-0.15, -0.1) is 11.3 Å². The van der Waals surface area contributed by atoms with Crippen LogP contribution in [0.2, 0.25) is 0 Å². The molecule has 0 aromatic carbocycles. The van der Waals surface area contributed by atoms with Gasteiger partial charge in [-0.2, -0.15) is 0 Å². The van der Waals surface area contributed by atoms with E-state index in [1.807, 2.05) is 11.3 Å². The monoisotopic (exact) mass is 209 g/mol. The zero-order chi connectivity index (χ0) is 9.80. The third-order valence-electron chi connectivity index (χ3n) is 2.89. The third kappa shape index (κ3) is 2.82. The largest absolute Gasteiger partial charge is 0.303 e. The number of hydrogen-bond acceptors (Lipinski definition) is 2. The summed E-state index contributed by atoms with van der Waals surface area (Å²) < 4.78 is 0. The van der Waals surface area contributed by atoms with E-state index in [1.165, 1.54) is 50.2 Å². The predicted octanol–water partition coefficient (Wildman–Crippen LogP) is 3.08. The molecular formula is C12H19NS. The second-order valence-corrected chi connectivity index (χ2v) is 5.54. The molecule has 0 atom stereocenters. The van der Waals surface area contributed by atoms with Crippen molar-refractivity contribution >= 4 is 11.3 Å². The van der Waals surface area contributed by atoms with Crippen molar-refractivity contribution < 1.29 is 0 Å². The van der Waals surface area contributed by atoms with Crippen LogP contribution in [0.15, 0.2) is 12.1 Å². The molecule has 0 unspecified atom stereocenters. The van der Waals surface area contributed by atoms with Gasteiger partial charge in [0.1, 0.15) is 0 Å². The lowest BCUT2D eigenvalue weighted by Crippen LogP contribution is -2.20. The molecule has 1 fully saturated rings. The topological polar surface area (TPSA) is 3.24 Å². The smallest absolute Gasteiger partial charge is 0.00485 e. The average molecular weight is 209 g/mol. The molecule has 0 bridgehead atoms. The van der Waals surface area contributed by atoms with Crippen LogP contribution in [0.3, 0.4) is 0 Å². The van der Waals surface area contributed by atoms with Crippen LogP contribution in [-0.4, -0.2) is 24.5 Å². The summed E-state index contributed by atoms with van der Waals surface area (Å²) in [6.45, 7) is 6.17. The average Bonchev–Trinajstić information content (AvgIpc) is 2.77. The summed E-state index contributed by atoms with van der Waals surface area (Å²) in [5.41, 5.74) is 0. The lowest BCUT2D eigenvalue weighted by molar-refractivity contribution is 0.334. The Morgan fingerprint density at radius 3 is 2.71 bits per heavy atom. The highest BCUT2D eigenvalue weighted by Crippen LogP contribution is 2.17. The Morgan fingerprint density at radius 2 is 2.07 bits per heavy atom. The van der Waals surface area contributed by atoms with Gasteiger partial charge in [-0.1, -0.05) is 0 Å². The van der Waals surface area contributed by atoms with E-state index in [0.717, 1.165) is 0 Å². The zero-order valence-electron chi connectivity index (χ0n) is 8.96. The summed E-state index contributed by atoms with van der Waals surface area (Å²) in [5.74, 6) is 0. The lowest BCUT2D eigenvalue weighted by Gasteiger charge is -2.13. The highest BCUT2D eigenvalue weighted by Gasteiger charge is 2.10. The van der Waals surface area contributed by atoms with E-state index in [4.69, 9.17) is 0 Å². The van der Waals surface area contributed by atoms with Gasteiger partial charge in [0.05, 0.1) is 0 Å². The van der Waals surface area contributed by atoms with E-state index in [1.54, 1.807) is 4.88 Å². The molecule has 0 aliphatic carbocycles. The first-order valence-corrected chi connectivity index (χ1v) is 6.44. The molecule has 0 amide bonds. The van der Waals surface area contributed by atoms with Crippen molar-refractivity contribution in [3.63, 3.8) is 0 Å². The molecule has 0 radical (unpaired) electrons. The standard InChI is InChI=1S/C12H19NS/c1-11-6-7-12(14-11)5-4-10-13-8-2-3-9-13/h6-7H,2-5,8-10H2,1H3. The molecule has 0 N–H and O–H groups in total. The molecule has 1 aromatic heterocycles. The Balaban J connectivity index is 1.67. The van der Waals surface area contributed by atoms with Crippen LogP contribution in [0.25, 0.3) is 0 Å². The summed E-state index contributed by atoms with van der Waals surface area (Å²) in [6.07, 6.45) is 5.44. The Labute approximate surface area is 90.7 Å². The molecule has 1 aliphatic heterocycles. The van der Waals surface area contributed by atoms with E-state index >= 15 is 0 Å². The minimum absolute atomic E-state index is 1.27. The summed E-state index contributed by atoms with van der Waals surface area (Å²) in [4.78, 5) is 5.60. The van der Waals surface area contributed by atoms with Gasteiger partial charge in [-0.3, -0.25) is 0 Å². The van der Waals surface area contributed by atoms with E-state index in [0.29, 0.717) is 0 Å². The number of hydrogen-bond donors (Lipinski definition) is 0. The number of likely N-dealkylation sites (tertiary alicyclic amines) is 1. The molecule has 2 rings (SSSR count). The molecule has 14 heavy (non-hydrogen) atoms. The van der Waals surface area contributed by atoms with E-state index in [-0.39, 0.29) is 0 Å². The van der Waals surface area contributed by atoms with Crippen molar-refractivity contribution in [3.8, 4) is 0 Å². The van der Waals surface area contributed by atoms with Crippen LogP contribution < -0.4 is 0 Å². The molecule has 0 spiro atoms. The molecule has 2 heterocycles. The fourth-order valence-electron chi connectivity index (χ4n) is 2.10. The highest BCUT2D eigenvalue weighted by molar-refractivity contribution is 7.11. The van der Waals surface area contributed by atoms with Gasteiger partial charge < -0.3 is 4.90 Å². The molecule has 0 saturated carbocycles. The summed E-state index contributed by atoms with van der Waals surface area (Å²) in [6, 6.07) is 4.51. The van der Waals surface area contributed by atoms with Crippen LogP contribution in [0.1, 0.15) is 29.0 Å². The Bertz CT molecular complexity index is 274. The minimum atomic E-state index is 1.27. The van der Waals surface area contributed by atoms with Crippen molar-refractivity contribution in [2.45, 2.75) is 32.6 Å². The Morgan fingerprint density at radius 1 is 1.29 bits per heavy atom. The number of rotatable bonds is 4. The zero-order valence-corrected chi connectivity index (χ0v) is 9.78. The number of nitrogens with zero attached hydrogens (tertiary/aromatic N) is 1. The van der Waals surface area contributed by atoms with E-state index < -0.39 is 0 Å². The van der Waals surface area contributed by atoms with Crippen LogP contribution in [0.5, 0.6) is 0 Å². The predicted molar refractivity (Wildman–Crippen MR) is 63.1 cm³/mol. The van der Waals surface area contributed by atoms with Crippen LogP contribution >= 0.6 is 11.3 Å². The second-order valence-electron chi connectivity index (χ2n) is 4.16. The van der Waals surface area contributed by atoms with Crippen LogP contribution in [0, 0.1) is 6.92 Å². The molecule has 1 aliphatic rings. The van der Waals surface area contributed by atoms with E-state index in [2.05, 4.69) is 24.0 Å². The summed E-state index contributed by atoms with van der Waals surface area (Å²) >= 11 is 1.95. The van der Waals surface area contributed by atoms with Crippen molar-refractivity contribution in [2.24, 2.45) is 0 Å². The second kappa shape index (κ2) is 4.94. The lowest BCUT2D eigenvalue weighted by atomic mass is 10.2. The highest BCUT2D eigenvalue weighted by atomic mass is 32.1. The molecule has 1 saturated heterocycles. The summed E-state index contributed by atoms with van der Waals surface area (Å²) in [5, 5.41) is 0. The van der Waals surface area contributed by atoms with Crippen molar-refractivity contribution in [1.29, 1.82) is 0 Å². The molecular weight excluding hydrogens is 190 g/mol. The Kier molecular flexibility index (Phi) is 3.60. The molecule has 78 valence electrons. The van der Waals surface area contributed by atoms with E-state index in [9.17, 15) is 0 Å². The van der Waals surface area contributed by atoms with Gasteiger partial charge in [-0.25, -0.2) is 0 Å². The first-order valence-electron chi connectivity index (χ1n) is 5.62. The quantitative estimate of drug-likeness (QED) is 0.736. The van der Waals surface area contributed by atoms with Crippen LogP contribution in [-0.2, 0) is 6.42 Å². The molecule has 1 aromatic rings. The number of thiophene rings is 1. The van der Waals surface area contributed by atoms with Gasteiger partial charge in [0.15, 0.2) is 0 Å². The fraction of sp³-hybridized carbons (Fsp3) is 0.667. The van der Waals surface area contributed by atoms with Crippen molar-refractivity contribution in [2.75, 3.05) is 19.6 Å². The van der Waals surface area contributed by atoms with Gasteiger partial charge in [0.25, 0.3) is 0 Å². The molecule has 1 nitrogen and oxygen atoms in total. The van der Waals surface area contributed by atoms with Crippen LogP contribution in [0.4, 0.5) is 0 Å². The maximum Gasteiger partial charge on any atom is 0.00485 e. The van der Waals surface area contributed by atoms with Crippen molar-refractivity contribution in [3.05, 3.63) is 21.9 Å². The maximum atomic E-state index is 2.60. The first-order chi connectivity index (χ1) is 6.84. The Hall–Kier alpha value is -0.340. The SMILES string of the molecule is Cc1ccc(CCCN2CCCC2)s1. The van der Waals surface area contributed by atoms with Gasteiger partial charge in [0, 0.05) is 9.75 Å². The van der Waals surface area contributed by atoms with Gasteiger partial charge >= 0.3 is 0 Å². The van der Waals surface area contributed by atoms with Gasteiger partial charge in [-0.05, 0) is 64.4 Å². The third-order valence-corrected chi connectivity index (χ3v) is 3.95. The number of aryl methyl sites for hydroxylation is 2. The summed E-state index contributed by atoms with van der Waals surface area (Å²) in [7, 11) is 0. The first kappa shape index (κ1) is 10.2. The van der Waals surface area contributed by atoms with Crippen molar-refractivity contribution in [1.82, 2.24) is 4.90 Å². The van der Waals surface area contributed by atoms with Gasteiger partial charge in [0.2, 0.25) is 0 Å². The normalized spacial score (nSPS) is 17.8.